The Bertz CT molecular complexity index is 663. The van der Waals surface area contributed by atoms with Gasteiger partial charge >= 0.3 is 6.09 Å². The number of aromatic nitrogens is 2. The molecule has 144 valence electrons. The van der Waals surface area contributed by atoms with Crippen LogP contribution in [0.5, 0.6) is 0 Å². The van der Waals surface area contributed by atoms with Crippen molar-refractivity contribution in [2.24, 2.45) is 0 Å². The Hall–Kier alpha value is -1.85. The maximum Gasteiger partial charge on any atom is 0.410 e. The summed E-state index contributed by atoms with van der Waals surface area (Å²) in [5, 5.41) is 0. The zero-order valence-electron chi connectivity index (χ0n) is 17.0. The van der Waals surface area contributed by atoms with Crippen molar-refractivity contribution in [3.8, 4) is 0 Å². The van der Waals surface area contributed by atoms with E-state index in [-0.39, 0.29) is 11.5 Å². The Morgan fingerprint density at radius 2 is 1.65 bits per heavy atom. The Kier molecular flexibility index (Phi) is 4.88. The van der Waals surface area contributed by atoms with E-state index in [9.17, 15) is 4.79 Å². The van der Waals surface area contributed by atoms with Gasteiger partial charge in [-0.3, -0.25) is 0 Å². The average molecular weight is 361 g/mol. The van der Waals surface area contributed by atoms with Crippen molar-refractivity contribution < 1.29 is 9.53 Å². The maximum absolute atomic E-state index is 12.3. The van der Waals surface area contributed by atoms with Crippen LogP contribution in [-0.4, -0.2) is 52.7 Å². The van der Waals surface area contributed by atoms with Gasteiger partial charge in [-0.25, -0.2) is 14.8 Å². The van der Waals surface area contributed by atoms with E-state index in [0.29, 0.717) is 19.0 Å². The predicted octanol–water partition coefficient (Wildman–Crippen LogP) is 3.71. The Balaban J connectivity index is 1.71. The van der Waals surface area contributed by atoms with E-state index < -0.39 is 5.60 Å². The Morgan fingerprint density at radius 1 is 1.04 bits per heavy atom. The molecule has 0 spiro atoms. The predicted molar refractivity (Wildman–Crippen MR) is 103 cm³/mol. The summed E-state index contributed by atoms with van der Waals surface area (Å²) in [5.74, 6) is 2.51. The lowest BCUT2D eigenvalue weighted by Crippen LogP contribution is -2.50. The van der Waals surface area contributed by atoms with Gasteiger partial charge in [-0.15, -0.1) is 0 Å². The van der Waals surface area contributed by atoms with Crippen LogP contribution in [0.1, 0.15) is 71.8 Å². The van der Waals surface area contributed by atoms with E-state index in [1.165, 1.54) is 12.8 Å². The number of rotatable bonds is 2. The largest absolute Gasteiger partial charge is 0.444 e. The van der Waals surface area contributed by atoms with Crippen LogP contribution in [0.2, 0.25) is 0 Å². The second kappa shape index (κ2) is 6.71. The summed E-state index contributed by atoms with van der Waals surface area (Å²) in [5.41, 5.74) is 0.639. The first-order chi connectivity index (χ1) is 12.0. The van der Waals surface area contributed by atoms with Crippen LogP contribution >= 0.6 is 0 Å². The molecule has 2 aliphatic rings. The van der Waals surface area contributed by atoms with Crippen LogP contribution in [-0.2, 0) is 10.2 Å². The van der Waals surface area contributed by atoms with Crippen LogP contribution in [0, 0.1) is 0 Å². The molecule has 26 heavy (non-hydrogen) atoms. The normalized spacial score (nSPS) is 18.8. The highest BCUT2D eigenvalue weighted by Crippen LogP contribution is 2.39. The molecule has 6 heteroatoms. The minimum Gasteiger partial charge on any atom is -0.444 e. The van der Waals surface area contributed by atoms with Crippen LogP contribution in [0.15, 0.2) is 6.07 Å². The highest BCUT2D eigenvalue weighted by molar-refractivity contribution is 5.68. The van der Waals surface area contributed by atoms with Crippen molar-refractivity contribution in [1.82, 2.24) is 14.9 Å². The van der Waals surface area contributed by atoms with Crippen LogP contribution in [0.25, 0.3) is 0 Å². The molecule has 2 fully saturated rings. The summed E-state index contributed by atoms with van der Waals surface area (Å²) >= 11 is 0. The minimum absolute atomic E-state index is 0.000331. The van der Waals surface area contributed by atoms with Crippen LogP contribution in [0.3, 0.4) is 0 Å². The molecule has 0 aromatic carbocycles. The van der Waals surface area contributed by atoms with E-state index in [4.69, 9.17) is 14.7 Å². The van der Waals surface area contributed by atoms with Crippen molar-refractivity contribution in [2.45, 2.75) is 71.3 Å². The van der Waals surface area contributed by atoms with Gasteiger partial charge in [0, 0.05) is 43.6 Å². The van der Waals surface area contributed by atoms with Gasteiger partial charge in [0.15, 0.2) is 0 Å². The van der Waals surface area contributed by atoms with Crippen LogP contribution < -0.4 is 4.90 Å². The fourth-order valence-electron chi connectivity index (χ4n) is 2.97. The lowest BCUT2D eigenvalue weighted by atomic mass is 9.91. The van der Waals surface area contributed by atoms with Crippen molar-refractivity contribution in [1.29, 1.82) is 0 Å². The molecule has 0 atom stereocenters. The zero-order valence-corrected chi connectivity index (χ0v) is 17.0. The summed E-state index contributed by atoms with van der Waals surface area (Å²) in [7, 11) is 0. The van der Waals surface area contributed by atoms with Gasteiger partial charge in [0.2, 0.25) is 0 Å². The molecule has 1 aromatic rings. The highest BCUT2D eigenvalue weighted by atomic mass is 16.6. The SMILES string of the molecule is CC(C)(C)OC(=O)N1CCN(c2cc(C(C)(C)C)nc(C3CC3)n2)CC1. The van der Waals surface area contributed by atoms with Gasteiger partial charge in [-0.2, -0.15) is 0 Å². The second-order valence-electron chi connectivity index (χ2n) is 9.45. The third-order valence-corrected chi connectivity index (χ3v) is 4.70. The number of nitrogens with zero attached hydrogens (tertiary/aromatic N) is 4. The smallest absolute Gasteiger partial charge is 0.410 e. The molecule has 0 N–H and O–H groups in total. The molecule has 0 radical (unpaired) electrons. The lowest BCUT2D eigenvalue weighted by Gasteiger charge is -2.36. The topological polar surface area (TPSA) is 58.6 Å². The first-order valence-corrected chi connectivity index (χ1v) is 9.65. The fourth-order valence-corrected chi connectivity index (χ4v) is 2.97. The number of piperazine rings is 1. The molecular formula is C20H32N4O2. The van der Waals surface area contributed by atoms with E-state index in [2.05, 4.69) is 31.7 Å². The van der Waals surface area contributed by atoms with Crippen molar-refractivity contribution >= 4 is 11.9 Å². The molecule has 1 saturated carbocycles. The minimum atomic E-state index is -0.457. The summed E-state index contributed by atoms with van der Waals surface area (Å²) in [6, 6.07) is 2.12. The van der Waals surface area contributed by atoms with Gasteiger partial charge in [-0.05, 0) is 33.6 Å². The zero-order chi connectivity index (χ0) is 19.1. The first-order valence-electron chi connectivity index (χ1n) is 9.65. The maximum atomic E-state index is 12.3. The van der Waals surface area contributed by atoms with E-state index in [0.717, 1.165) is 30.4 Å². The molecule has 0 bridgehead atoms. The molecule has 1 aliphatic carbocycles. The molecule has 1 saturated heterocycles. The van der Waals surface area contributed by atoms with Crippen molar-refractivity contribution in [3.63, 3.8) is 0 Å². The summed E-state index contributed by atoms with van der Waals surface area (Å²) in [4.78, 5) is 26.0. The Labute approximate surface area is 156 Å². The molecule has 0 unspecified atom stereocenters. The summed E-state index contributed by atoms with van der Waals surface area (Å²) in [6.07, 6.45) is 2.16. The highest BCUT2D eigenvalue weighted by Gasteiger charge is 2.31. The summed E-state index contributed by atoms with van der Waals surface area (Å²) in [6.45, 7) is 15.1. The third-order valence-electron chi connectivity index (χ3n) is 4.70. The second-order valence-corrected chi connectivity index (χ2v) is 9.45. The van der Waals surface area contributed by atoms with E-state index >= 15 is 0 Å². The van der Waals surface area contributed by atoms with E-state index in [1.807, 2.05) is 20.8 Å². The number of ether oxygens (including phenoxy) is 1. The van der Waals surface area contributed by atoms with Gasteiger partial charge in [0.25, 0.3) is 0 Å². The Morgan fingerprint density at radius 3 is 2.15 bits per heavy atom. The van der Waals surface area contributed by atoms with Crippen molar-refractivity contribution in [2.75, 3.05) is 31.1 Å². The molecule has 1 aromatic heterocycles. The average Bonchev–Trinajstić information content (AvgIpc) is 3.37. The van der Waals surface area contributed by atoms with Crippen molar-refractivity contribution in [3.05, 3.63) is 17.6 Å². The van der Waals surface area contributed by atoms with E-state index in [1.54, 1.807) is 4.90 Å². The monoisotopic (exact) mass is 360 g/mol. The van der Waals surface area contributed by atoms with Gasteiger partial charge in [-0.1, -0.05) is 20.8 Å². The van der Waals surface area contributed by atoms with Gasteiger partial charge in [0.05, 0.1) is 5.69 Å². The number of carbonyl (C=O) groups is 1. The standard InChI is InChI=1S/C20H32N4O2/c1-19(2,3)15-13-16(22-17(21-15)14-7-8-14)23-9-11-24(12-10-23)18(25)26-20(4,5)6/h13-14H,7-12H2,1-6H3. The molecule has 1 amide bonds. The fraction of sp³-hybridized carbons (Fsp3) is 0.750. The molecule has 6 nitrogen and oxygen atoms in total. The lowest BCUT2D eigenvalue weighted by molar-refractivity contribution is 0.0240. The molecule has 1 aliphatic heterocycles. The number of hydrogen-bond acceptors (Lipinski definition) is 5. The molecule has 2 heterocycles. The molecule has 3 rings (SSSR count). The van der Waals surface area contributed by atoms with Gasteiger partial charge in [0.1, 0.15) is 17.2 Å². The number of anilines is 1. The first kappa shape index (κ1) is 18.9. The quantitative estimate of drug-likeness (QED) is 0.805. The summed E-state index contributed by atoms with van der Waals surface area (Å²) < 4.78 is 5.48. The van der Waals surface area contributed by atoms with Gasteiger partial charge < -0.3 is 14.5 Å². The number of carbonyl (C=O) groups excluding carboxylic acids is 1. The van der Waals surface area contributed by atoms with Crippen LogP contribution in [0.4, 0.5) is 10.6 Å². The number of hydrogen-bond donors (Lipinski definition) is 0. The number of amides is 1. The molecular weight excluding hydrogens is 328 g/mol. The third kappa shape index (κ3) is 4.65.